The van der Waals surface area contributed by atoms with Crippen molar-refractivity contribution < 1.29 is 16.8 Å². The third-order valence-corrected chi connectivity index (χ3v) is 2.96. The van der Waals surface area contributed by atoms with Crippen LogP contribution in [0.5, 0.6) is 0 Å². The van der Waals surface area contributed by atoms with Gasteiger partial charge in [-0.15, -0.1) is 0 Å². The molecule has 12 heavy (non-hydrogen) atoms. The van der Waals surface area contributed by atoms with Crippen LogP contribution in [0.3, 0.4) is 0 Å². The summed E-state index contributed by atoms with van der Waals surface area (Å²) in [7, 11) is -4.57. The molecule has 1 aliphatic carbocycles. The number of allylic oxidation sites excluding steroid dienone is 2. The van der Waals surface area contributed by atoms with E-state index in [9.17, 15) is 16.8 Å². The summed E-state index contributed by atoms with van der Waals surface area (Å²) in [4.78, 5) is 0.345. The second kappa shape index (κ2) is 3.68. The average molecular weight is 206 g/mol. The van der Waals surface area contributed by atoms with Crippen molar-refractivity contribution in [1.82, 2.24) is 0 Å². The Kier molecular flexibility index (Phi) is 2.83. The van der Waals surface area contributed by atoms with Crippen LogP contribution < -0.4 is 0 Å². The summed E-state index contributed by atoms with van der Waals surface area (Å²) in [5, 5.41) is 0. The number of hydrogen-bond donors (Lipinski definition) is 0. The fourth-order valence-corrected chi connectivity index (χ4v) is 1.99. The second-order valence-corrected chi connectivity index (χ2v) is 4.30. The number of hydrogen-bond acceptors (Lipinski definition) is 4. The Balaban J connectivity index is 3.26. The van der Waals surface area contributed by atoms with E-state index >= 15 is 0 Å². The molecule has 0 saturated heterocycles. The second-order valence-electron chi connectivity index (χ2n) is 2.26. The van der Waals surface area contributed by atoms with Crippen LogP contribution in [0.4, 0.5) is 0 Å². The van der Waals surface area contributed by atoms with Gasteiger partial charge in [-0.3, -0.25) is 0 Å². The van der Waals surface area contributed by atoms with E-state index in [1.54, 1.807) is 0 Å². The van der Waals surface area contributed by atoms with Crippen molar-refractivity contribution in [2.75, 3.05) is 0 Å². The van der Waals surface area contributed by atoms with Gasteiger partial charge in [-0.2, -0.15) is 16.8 Å². The monoisotopic (exact) mass is 206 g/mol. The first-order chi connectivity index (χ1) is 5.61. The maximum absolute atomic E-state index is 10.4. The SMILES string of the molecule is O=S(=O)=C1C=CCC(=S(=O)=O)C1. The largest absolute Gasteiger partial charge is 0.217 e. The minimum atomic E-state index is -2.30. The standard InChI is InChI=1S/C6H6O4S2/c7-11(8)5-2-1-3-6(4-5)12(9)10/h1-2H,3-4H2. The third kappa shape index (κ3) is 2.05. The fourth-order valence-electron chi connectivity index (χ4n) is 0.889. The molecule has 1 rings (SSSR count). The zero-order chi connectivity index (χ0) is 9.14. The normalized spacial score (nSPS) is 16.3. The van der Waals surface area contributed by atoms with E-state index in [0.717, 1.165) is 0 Å². The van der Waals surface area contributed by atoms with Crippen molar-refractivity contribution in [3.63, 3.8) is 0 Å². The molecule has 0 saturated carbocycles. The Labute approximate surface area is 72.6 Å². The molecule has 0 heterocycles. The summed E-state index contributed by atoms with van der Waals surface area (Å²) >= 11 is 0. The molecule has 0 spiro atoms. The van der Waals surface area contributed by atoms with Gasteiger partial charge < -0.3 is 0 Å². The quantitative estimate of drug-likeness (QED) is 0.498. The van der Waals surface area contributed by atoms with E-state index in [1.165, 1.54) is 12.2 Å². The summed E-state index contributed by atoms with van der Waals surface area (Å²) in [5.41, 5.74) is 0. The van der Waals surface area contributed by atoms with E-state index in [0.29, 0.717) is 6.42 Å². The topological polar surface area (TPSA) is 68.3 Å². The molecule has 0 atom stereocenters. The minimum absolute atomic E-state index is 0.0166. The summed E-state index contributed by atoms with van der Waals surface area (Å²) in [5.74, 6) is 0. The predicted octanol–water partition coefficient (Wildman–Crippen LogP) is -0.561. The van der Waals surface area contributed by atoms with Crippen molar-refractivity contribution in [3.8, 4) is 0 Å². The smallest absolute Gasteiger partial charge is 0.185 e. The van der Waals surface area contributed by atoms with Crippen molar-refractivity contribution in [1.29, 1.82) is 0 Å². The summed E-state index contributed by atoms with van der Waals surface area (Å²) in [6.45, 7) is 0. The predicted molar refractivity (Wildman–Crippen MR) is 46.2 cm³/mol. The molecule has 1 aliphatic rings. The Morgan fingerprint density at radius 2 is 1.75 bits per heavy atom. The highest BCUT2D eigenvalue weighted by Gasteiger charge is 2.09. The molecule has 0 aromatic rings. The molecule has 6 heteroatoms. The van der Waals surface area contributed by atoms with Gasteiger partial charge in [0.25, 0.3) is 0 Å². The van der Waals surface area contributed by atoms with Crippen LogP contribution in [0.25, 0.3) is 0 Å². The molecular formula is C6H6O4S2. The van der Waals surface area contributed by atoms with Gasteiger partial charge in [0.05, 0.1) is 9.73 Å². The molecule has 0 bridgehead atoms. The summed E-state index contributed by atoms with van der Waals surface area (Å²) in [6, 6.07) is 0. The highest BCUT2D eigenvalue weighted by atomic mass is 32.2. The van der Waals surface area contributed by atoms with Gasteiger partial charge in [0.1, 0.15) is 0 Å². The molecule has 0 unspecified atom stereocenters. The van der Waals surface area contributed by atoms with Gasteiger partial charge in [0, 0.05) is 12.8 Å². The van der Waals surface area contributed by atoms with Crippen LogP contribution in [0.1, 0.15) is 12.8 Å². The first kappa shape index (κ1) is 9.21. The van der Waals surface area contributed by atoms with Gasteiger partial charge in [-0.1, -0.05) is 6.08 Å². The van der Waals surface area contributed by atoms with Crippen molar-refractivity contribution in [2.24, 2.45) is 0 Å². The third-order valence-electron chi connectivity index (χ3n) is 1.47. The molecule has 4 nitrogen and oxygen atoms in total. The molecule has 0 fully saturated rings. The van der Waals surface area contributed by atoms with Gasteiger partial charge in [0.2, 0.25) is 20.6 Å². The lowest BCUT2D eigenvalue weighted by Crippen LogP contribution is -2.11. The van der Waals surface area contributed by atoms with E-state index in [1.807, 2.05) is 0 Å². The van der Waals surface area contributed by atoms with Crippen molar-refractivity contribution in [2.45, 2.75) is 12.8 Å². The van der Waals surface area contributed by atoms with E-state index < -0.39 is 20.6 Å². The van der Waals surface area contributed by atoms with E-state index in [2.05, 4.69) is 0 Å². The fraction of sp³-hybridized carbons (Fsp3) is 0.333. The van der Waals surface area contributed by atoms with Crippen LogP contribution in [-0.2, 0) is 20.6 Å². The maximum Gasteiger partial charge on any atom is 0.217 e. The highest BCUT2D eigenvalue weighted by Crippen LogP contribution is 2.03. The van der Waals surface area contributed by atoms with Crippen LogP contribution in [0, 0.1) is 0 Å². The molecule has 0 aromatic heterocycles. The molecule has 0 amide bonds. The Bertz CT molecular complexity index is 460. The lowest BCUT2D eigenvalue weighted by atomic mass is 10.1. The Hall–Kier alpha value is -0.880. The lowest BCUT2D eigenvalue weighted by molar-refractivity contribution is 0.626. The average Bonchev–Trinajstić information content (AvgIpc) is 2.04. The first-order valence-corrected chi connectivity index (χ1v) is 5.32. The lowest BCUT2D eigenvalue weighted by Gasteiger charge is -2.02. The molecular weight excluding hydrogens is 200 g/mol. The van der Waals surface area contributed by atoms with Gasteiger partial charge in [-0.25, -0.2) is 0 Å². The summed E-state index contributed by atoms with van der Waals surface area (Å²) < 4.78 is 41.7. The van der Waals surface area contributed by atoms with Crippen molar-refractivity contribution >= 4 is 30.3 Å². The molecule has 66 valence electrons. The molecule has 0 radical (unpaired) electrons. The molecule has 0 aromatic carbocycles. The Morgan fingerprint density at radius 1 is 1.08 bits per heavy atom. The van der Waals surface area contributed by atoms with Gasteiger partial charge >= 0.3 is 0 Å². The van der Waals surface area contributed by atoms with Gasteiger partial charge in [0.15, 0.2) is 0 Å². The highest BCUT2D eigenvalue weighted by molar-refractivity contribution is 7.75. The zero-order valence-electron chi connectivity index (χ0n) is 6.02. The van der Waals surface area contributed by atoms with Crippen LogP contribution in [0.2, 0.25) is 0 Å². The first-order valence-electron chi connectivity index (χ1n) is 3.17. The van der Waals surface area contributed by atoms with E-state index in [-0.39, 0.29) is 16.1 Å². The van der Waals surface area contributed by atoms with Gasteiger partial charge in [-0.05, 0) is 6.08 Å². The van der Waals surface area contributed by atoms with Crippen LogP contribution in [0.15, 0.2) is 12.2 Å². The Morgan fingerprint density at radius 3 is 2.25 bits per heavy atom. The maximum atomic E-state index is 10.4. The van der Waals surface area contributed by atoms with Crippen LogP contribution in [-0.4, -0.2) is 26.6 Å². The van der Waals surface area contributed by atoms with Crippen LogP contribution >= 0.6 is 0 Å². The molecule has 0 aliphatic heterocycles. The van der Waals surface area contributed by atoms with E-state index in [4.69, 9.17) is 0 Å². The minimum Gasteiger partial charge on any atom is -0.185 e. The number of rotatable bonds is 0. The summed E-state index contributed by atoms with van der Waals surface area (Å²) in [6.07, 6.45) is 3.29. The van der Waals surface area contributed by atoms with Crippen molar-refractivity contribution in [3.05, 3.63) is 12.2 Å². The molecule has 0 N–H and O–H groups in total. The zero-order valence-corrected chi connectivity index (χ0v) is 7.65.